The van der Waals surface area contributed by atoms with Gasteiger partial charge in [0, 0.05) is 36.8 Å². The maximum Gasteiger partial charge on any atom is 0.274 e. The number of aliphatic hydroxyl groups is 1. The third kappa shape index (κ3) is 4.63. The van der Waals surface area contributed by atoms with Gasteiger partial charge in [-0.05, 0) is 26.7 Å². The molecule has 0 spiro atoms. The zero-order chi connectivity index (χ0) is 26.0. The van der Waals surface area contributed by atoms with Crippen LogP contribution in [-0.2, 0) is 20.9 Å². The highest BCUT2D eigenvalue weighted by atomic mass is 16.5. The van der Waals surface area contributed by atoms with Crippen molar-refractivity contribution >= 4 is 11.7 Å². The Bertz CT molecular complexity index is 1460. The molecule has 1 aliphatic carbocycles. The van der Waals surface area contributed by atoms with Gasteiger partial charge < -0.3 is 19.9 Å². The monoisotopic (exact) mass is 503 g/mol. The molecule has 3 aromatic rings. The lowest BCUT2D eigenvalue weighted by Crippen LogP contribution is -2.59. The molecular formula is C27H29N5O5. The lowest BCUT2D eigenvalue weighted by molar-refractivity contribution is -0.136. The molecule has 1 saturated heterocycles. The molecule has 1 aromatic carbocycles. The minimum absolute atomic E-state index is 0.0403. The molecule has 0 bridgehead atoms. The molecule has 37 heavy (non-hydrogen) atoms. The molecule has 10 heteroatoms. The number of fused-ring (bicyclic) bond motifs is 1. The Labute approximate surface area is 213 Å². The van der Waals surface area contributed by atoms with Crippen molar-refractivity contribution in [1.29, 1.82) is 0 Å². The molecule has 2 aliphatic rings. The Balaban J connectivity index is 1.37. The molecular weight excluding hydrogens is 474 g/mol. The number of hydrogen-bond donors (Lipinski definition) is 3. The first-order chi connectivity index (χ1) is 17.8. The fourth-order valence-corrected chi connectivity index (χ4v) is 4.57. The number of nitrogens with one attached hydrogen (secondary N) is 2. The molecule has 0 radical (unpaired) electrons. The molecule has 10 nitrogen and oxygen atoms in total. The normalized spacial score (nSPS) is 22.6. The van der Waals surface area contributed by atoms with Gasteiger partial charge in [0.25, 0.3) is 11.3 Å². The van der Waals surface area contributed by atoms with Crippen LogP contribution in [0.25, 0.3) is 17.2 Å². The maximum absolute atomic E-state index is 13.6. The van der Waals surface area contributed by atoms with Crippen molar-refractivity contribution in [2.75, 3.05) is 19.8 Å². The highest BCUT2D eigenvalue weighted by Gasteiger charge is 2.47. The number of carbonyl (C=O) groups excluding carboxylic acids is 1. The molecule has 0 saturated carbocycles. The van der Waals surface area contributed by atoms with E-state index in [0.29, 0.717) is 43.3 Å². The van der Waals surface area contributed by atoms with Crippen molar-refractivity contribution in [2.45, 2.75) is 38.8 Å². The summed E-state index contributed by atoms with van der Waals surface area (Å²) in [5.74, 6) is 6.50. The van der Waals surface area contributed by atoms with E-state index in [0.717, 1.165) is 5.56 Å². The van der Waals surface area contributed by atoms with Crippen LogP contribution < -0.4 is 10.9 Å². The number of carbonyl (C=O) groups is 1. The number of hydrogen-bond acceptors (Lipinski definition) is 7. The van der Waals surface area contributed by atoms with Gasteiger partial charge in [0.1, 0.15) is 17.8 Å². The summed E-state index contributed by atoms with van der Waals surface area (Å²) in [5.41, 5.74) is -0.961. The van der Waals surface area contributed by atoms with Crippen LogP contribution in [0.4, 0.5) is 0 Å². The second kappa shape index (κ2) is 9.84. The van der Waals surface area contributed by atoms with Gasteiger partial charge in [-0.1, -0.05) is 42.2 Å². The lowest BCUT2D eigenvalue weighted by atomic mass is 9.73. The summed E-state index contributed by atoms with van der Waals surface area (Å²) in [6.45, 7) is 4.36. The maximum atomic E-state index is 13.6. The number of benzene rings is 1. The van der Waals surface area contributed by atoms with Crippen LogP contribution in [0, 0.1) is 23.2 Å². The molecule has 192 valence electrons. The van der Waals surface area contributed by atoms with Crippen LogP contribution in [0.15, 0.2) is 53.0 Å². The van der Waals surface area contributed by atoms with Crippen molar-refractivity contribution in [3.63, 3.8) is 0 Å². The van der Waals surface area contributed by atoms with Gasteiger partial charge in [-0.15, -0.1) is 0 Å². The molecule has 3 N–H and O–H groups in total. The van der Waals surface area contributed by atoms with Crippen molar-refractivity contribution in [3.05, 3.63) is 64.3 Å². The van der Waals surface area contributed by atoms with Gasteiger partial charge in [-0.2, -0.15) is 9.50 Å². The Kier molecular flexibility index (Phi) is 6.58. The van der Waals surface area contributed by atoms with E-state index in [1.165, 1.54) is 10.6 Å². The van der Waals surface area contributed by atoms with Gasteiger partial charge in [-0.25, -0.2) is 4.98 Å². The molecule has 1 aliphatic heterocycles. The van der Waals surface area contributed by atoms with E-state index < -0.39 is 11.0 Å². The number of aromatic nitrogens is 4. The predicted molar refractivity (Wildman–Crippen MR) is 135 cm³/mol. The molecule has 1 fully saturated rings. The summed E-state index contributed by atoms with van der Waals surface area (Å²) in [4.78, 5) is 35.3. The molecule has 1 unspecified atom stereocenters. The summed E-state index contributed by atoms with van der Waals surface area (Å²) in [6, 6.07) is 10.8. The van der Waals surface area contributed by atoms with Crippen LogP contribution in [0.5, 0.6) is 0 Å². The highest BCUT2D eigenvalue weighted by Crippen LogP contribution is 2.39. The topological polar surface area (TPSA) is 131 Å². The second-order valence-corrected chi connectivity index (χ2v) is 9.67. The standard InChI is InChI=1S/C27H29N5O5/c1-18-7-6-10-21(26(18,2)24(35)30-27(17-33)11-13-36-14-12-27)37-16-20-15-22(34)32-25(28-20)29-23(31-32)19-8-4-3-5-9-19/h3-5,8-10,15,18,33H,11-14,16-17H2,1-2H3,(H,30,35)(H,28,29,31)/t18?,26-/m1/s1. The first-order valence-electron chi connectivity index (χ1n) is 12.2. The molecule has 1 amide bonds. The second-order valence-electron chi connectivity index (χ2n) is 9.67. The molecule has 2 atom stereocenters. The third-order valence-electron chi connectivity index (χ3n) is 7.29. The number of aromatic amines is 1. The zero-order valence-corrected chi connectivity index (χ0v) is 20.8. The van der Waals surface area contributed by atoms with Crippen LogP contribution in [0.2, 0.25) is 0 Å². The van der Waals surface area contributed by atoms with Crippen LogP contribution in [-0.4, -0.2) is 56.0 Å². The smallest absolute Gasteiger partial charge is 0.274 e. The largest absolute Gasteiger partial charge is 0.490 e. The van der Waals surface area contributed by atoms with Crippen molar-refractivity contribution in [1.82, 2.24) is 24.9 Å². The fourth-order valence-electron chi connectivity index (χ4n) is 4.57. The summed E-state index contributed by atoms with van der Waals surface area (Å²) in [5, 5.41) is 16.1. The van der Waals surface area contributed by atoms with Gasteiger partial charge in [0.2, 0.25) is 5.91 Å². The van der Waals surface area contributed by atoms with E-state index in [9.17, 15) is 14.7 Å². The number of rotatable bonds is 7. The van der Waals surface area contributed by atoms with Gasteiger partial charge in [0.15, 0.2) is 5.82 Å². The molecule has 2 aromatic heterocycles. The summed E-state index contributed by atoms with van der Waals surface area (Å²) < 4.78 is 12.8. The van der Waals surface area contributed by atoms with Crippen LogP contribution >= 0.6 is 0 Å². The number of allylic oxidation sites excluding steroid dienone is 1. The van der Waals surface area contributed by atoms with E-state index in [-0.39, 0.29) is 36.4 Å². The predicted octanol–water partition coefficient (Wildman–Crippen LogP) is 1.80. The van der Waals surface area contributed by atoms with Crippen molar-refractivity contribution in [3.8, 4) is 23.2 Å². The van der Waals surface area contributed by atoms with Gasteiger partial charge in [0.05, 0.1) is 17.8 Å². The Morgan fingerprint density at radius 3 is 2.78 bits per heavy atom. The summed E-state index contributed by atoms with van der Waals surface area (Å²) in [7, 11) is 0. The van der Waals surface area contributed by atoms with Crippen LogP contribution in [0.1, 0.15) is 32.4 Å². The van der Waals surface area contributed by atoms with Crippen molar-refractivity contribution < 1.29 is 19.4 Å². The number of aliphatic hydroxyl groups excluding tert-OH is 1. The van der Waals surface area contributed by atoms with E-state index >= 15 is 0 Å². The van der Waals surface area contributed by atoms with E-state index in [1.807, 2.05) is 37.3 Å². The average Bonchev–Trinajstić information content (AvgIpc) is 3.35. The number of amides is 1. The first kappa shape index (κ1) is 24.7. The Hall–Kier alpha value is -3.94. The Morgan fingerprint density at radius 1 is 1.30 bits per heavy atom. The highest BCUT2D eigenvalue weighted by molar-refractivity contribution is 5.87. The third-order valence-corrected chi connectivity index (χ3v) is 7.29. The minimum Gasteiger partial charge on any atom is -0.490 e. The number of nitrogens with zero attached hydrogens (tertiary/aromatic N) is 3. The van der Waals surface area contributed by atoms with Gasteiger partial charge in [-0.3, -0.25) is 14.7 Å². The van der Waals surface area contributed by atoms with E-state index in [1.54, 1.807) is 13.0 Å². The average molecular weight is 504 g/mol. The van der Waals surface area contributed by atoms with Crippen LogP contribution in [0.3, 0.4) is 0 Å². The number of H-pyrrole nitrogens is 1. The summed E-state index contributed by atoms with van der Waals surface area (Å²) in [6.07, 6.45) is 2.63. The molecule has 5 rings (SSSR count). The fraction of sp³-hybridized carbons (Fsp3) is 0.407. The Morgan fingerprint density at radius 2 is 2.05 bits per heavy atom. The zero-order valence-electron chi connectivity index (χ0n) is 20.8. The molecule has 3 heterocycles. The van der Waals surface area contributed by atoms with E-state index in [4.69, 9.17) is 9.47 Å². The van der Waals surface area contributed by atoms with E-state index in [2.05, 4.69) is 32.2 Å². The van der Waals surface area contributed by atoms with Crippen molar-refractivity contribution in [2.24, 2.45) is 11.3 Å². The lowest BCUT2D eigenvalue weighted by Gasteiger charge is -2.41. The first-order valence-corrected chi connectivity index (χ1v) is 12.2. The quantitative estimate of drug-likeness (QED) is 0.419. The van der Waals surface area contributed by atoms with Gasteiger partial charge >= 0.3 is 0 Å². The minimum atomic E-state index is -1.10. The summed E-state index contributed by atoms with van der Waals surface area (Å²) >= 11 is 0. The SMILES string of the molecule is CC1C#CC=C(OCc2cc(=O)n3[nH]c(-c4ccccc4)nc3n2)[C@]1(C)C(=O)NC1(CO)CCOCC1. The number of ether oxygens (including phenoxy) is 2.